The number of hydrogen-bond donors (Lipinski definition) is 0. The minimum atomic E-state index is 0.311. The molecule has 4 rings (SSSR count). The molecule has 2 aliphatic rings. The number of carbonyl (C=O) groups is 1. The number of fused-ring (bicyclic) bond motifs is 1. The Morgan fingerprint density at radius 3 is 2.54 bits per heavy atom. The highest BCUT2D eigenvalue weighted by atomic mass is 16.2. The van der Waals surface area contributed by atoms with Crippen LogP contribution in [0, 0.1) is 5.92 Å². The molecule has 7 nitrogen and oxygen atoms in total. The Balaban J connectivity index is 1.42. The lowest BCUT2D eigenvalue weighted by atomic mass is 9.95. The second-order valence-corrected chi connectivity index (χ2v) is 7.92. The van der Waals surface area contributed by atoms with Gasteiger partial charge in [-0.3, -0.25) is 4.79 Å². The van der Waals surface area contributed by atoms with Crippen molar-refractivity contribution < 1.29 is 4.79 Å². The zero-order chi connectivity index (χ0) is 18.1. The fourth-order valence-corrected chi connectivity index (χ4v) is 4.27. The third kappa shape index (κ3) is 3.39. The SMILES string of the molecule is CN(C)c1ccc2nnc(C3CCN(C(=O)CC4CCCC4)CC3)n2n1. The van der Waals surface area contributed by atoms with Gasteiger partial charge in [-0.25, -0.2) is 0 Å². The Morgan fingerprint density at radius 2 is 1.85 bits per heavy atom. The highest BCUT2D eigenvalue weighted by Gasteiger charge is 2.29. The summed E-state index contributed by atoms with van der Waals surface area (Å²) in [5.74, 6) is 3.09. The van der Waals surface area contributed by atoms with Crippen LogP contribution in [0.5, 0.6) is 0 Å². The Hall–Kier alpha value is -2.18. The minimum Gasteiger partial charge on any atom is -0.361 e. The van der Waals surface area contributed by atoms with Crippen LogP contribution < -0.4 is 4.90 Å². The number of anilines is 1. The van der Waals surface area contributed by atoms with Crippen LogP contribution in [0.15, 0.2) is 12.1 Å². The van der Waals surface area contributed by atoms with Gasteiger partial charge < -0.3 is 9.80 Å². The van der Waals surface area contributed by atoms with E-state index >= 15 is 0 Å². The third-order valence-electron chi connectivity index (χ3n) is 5.88. The predicted molar refractivity (Wildman–Crippen MR) is 100 cm³/mol. The monoisotopic (exact) mass is 356 g/mol. The van der Waals surface area contributed by atoms with Gasteiger partial charge in [0.15, 0.2) is 11.5 Å². The van der Waals surface area contributed by atoms with E-state index in [1.165, 1.54) is 25.7 Å². The van der Waals surface area contributed by atoms with Crippen LogP contribution in [0.25, 0.3) is 5.65 Å². The summed E-state index contributed by atoms with van der Waals surface area (Å²) in [6, 6.07) is 3.91. The Labute approximate surface area is 154 Å². The molecule has 2 aromatic rings. The van der Waals surface area contributed by atoms with Crippen molar-refractivity contribution in [1.82, 2.24) is 24.7 Å². The maximum Gasteiger partial charge on any atom is 0.222 e. The van der Waals surface area contributed by atoms with Gasteiger partial charge in [-0.15, -0.1) is 15.3 Å². The molecular formula is C19H28N6O. The average molecular weight is 356 g/mol. The highest BCUT2D eigenvalue weighted by molar-refractivity contribution is 5.76. The fourth-order valence-electron chi connectivity index (χ4n) is 4.27. The quantitative estimate of drug-likeness (QED) is 0.842. The molecule has 1 saturated heterocycles. The highest BCUT2D eigenvalue weighted by Crippen LogP contribution is 2.31. The van der Waals surface area contributed by atoms with E-state index in [1.54, 1.807) is 0 Å². The smallest absolute Gasteiger partial charge is 0.222 e. The molecule has 1 aliphatic heterocycles. The van der Waals surface area contributed by atoms with E-state index in [0.717, 1.165) is 49.6 Å². The Morgan fingerprint density at radius 1 is 1.12 bits per heavy atom. The summed E-state index contributed by atoms with van der Waals surface area (Å²) in [5.41, 5.74) is 0.783. The largest absolute Gasteiger partial charge is 0.361 e. The van der Waals surface area contributed by atoms with Crippen LogP contribution in [-0.2, 0) is 4.79 Å². The van der Waals surface area contributed by atoms with Gasteiger partial charge in [0, 0.05) is 39.5 Å². The van der Waals surface area contributed by atoms with Crippen LogP contribution in [0.1, 0.15) is 56.7 Å². The number of amides is 1. The second-order valence-electron chi connectivity index (χ2n) is 7.92. The molecule has 1 saturated carbocycles. The fraction of sp³-hybridized carbons (Fsp3) is 0.684. The molecule has 0 atom stereocenters. The maximum absolute atomic E-state index is 12.6. The minimum absolute atomic E-state index is 0.311. The molecule has 0 aromatic carbocycles. The van der Waals surface area contributed by atoms with Crippen molar-refractivity contribution >= 4 is 17.4 Å². The summed E-state index contributed by atoms with van der Waals surface area (Å²) >= 11 is 0. The van der Waals surface area contributed by atoms with Gasteiger partial charge >= 0.3 is 0 Å². The lowest BCUT2D eigenvalue weighted by Crippen LogP contribution is -2.38. The molecule has 140 valence electrons. The number of rotatable bonds is 4. The molecule has 0 bridgehead atoms. The molecule has 2 fully saturated rings. The summed E-state index contributed by atoms with van der Waals surface area (Å²) in [7, 11) is 3.96. The van der Waals surface area contributed by atoms with Crippen molar-refractivity contribution in [2.45, 2.75) is 50.9 Å². The summed E-state index contributed by atoms with van der Waals surface area (Å²) in [5, 5.41) is 13.3. The standard InChI is InChI=1S/C19H28N6O/c1-23(2)17-8-7-16-20-21-19(25(16)22-17)15-9-11-24(12-10-15)18(26)13-14-5-3-4-6-14/h7-8,14-15H,3-6,9-13H2,1-2H3. The predicted octanol–water partition coefficient (Wildman–Crippen LogP) is 2.48. The van der Waals surface area contributed by atoms with Crippen molar-refractivity contribution in [3.05, 3.63) is 18.0 Å². The molecule has 2 aromatic heterocycles. The van der Waals surface area contributed by atoms with Crippen molar-refractivity contribution in [2.75, 3.05) is 32.1 Å². The number of aromatic nitrogens is 4. The third-order valence-corrected chi connectivity index (χ3v) is 5.88. The number of piperidine rings is 1. The van der Waals surface area contributed by atoms with Gasteiger partial charge in [0.2, 0.25) is 5.91 Å². The van der Waals surface area contributed by atoms with E-state index in [-0.39, 0.29) is 0 Å². The number of hydrogen-bond acceptors (Lipinski definition) is 5. The maximum atomic E-state index is 12.6. The summed E-state index contributed by atoms with van der Waals surface area (Å²) in [6.07, 6.45) is 7.66. The molecule has 7 heteroatoms. The van der Waals surface area contributed by atoms with Crippen LogP contribution in [-0.4, -0.2) is 57.8 Å². The lowest BCUT2D eigenvalue weighted by Gasteiger charge is -2.31. The van der Waals surface area contributed by atoms with Crippen LogP contribution >= 0.6 is 0 Å². The van der Waals surface area contributed by atoms with E-state index in [9.17, 15) is 4.79 Å². The van der Waals surface area contributed by atoms with E-state index < -0.39 is 0 Å². The first-order valence-electron chi connectivity index (χ1n) is 9.79. The molecule has 3 heterocycles. The molecule has 0 spiro atoms. The van der Waals surface area contributed by atoms with Crippen LogP contribution in [0.3, 0.4) is 0 Å². The van der Waals surface area contributed by atoms with Crippen molar-refractivity contribution in [3.63, 3.8) is 0 Å². The summed E-state index contributed by atoms with van der Waals surface area (Å²) in [6.45, 7) is 1.64. The van der Waals surface area contributed by atoms with Gasteiger partial charge in [0.25, 0.3) is 0 Å². The van der Waals surface area contributed by atoms with Gasteiger partial charge in [0.05, 0.1) is 0 Å². The molecule has 0 N–H and O–H groups in total. The van der Waals surface area contributed by atoms with Gasteiger partial charge in [-0.1, -0.05) is 12.8 Å². The molecule has 0 radical (unpaired) electrons. The lowest BCUT2D eigenvalue weighted by molar-refractivity contribution is -0.133. The van der Waals surface area contributed by atoms with Gasteiger partial charge in [-0.05, 0) is 43.7 Å². The first-order valence-corrected chi connectivity index (χ1v) is 9.79. The average Bonchev–Trinajstić information content (AvgIpc) is 3.30. The Bertz CT molecular complexity index is 771. The first kappa shape index (κ1) is 17.2. The molecule has 1 aliphatic carbocycles. The van der Waals surface area contributed by atoms with Gasteiger partial charge in [0.1, 0.15) is 5.82 Å². The number of carbonyl (C=O) groups excluding carboxylic acids is 1. The molecule has 26 heavy (non-hydrogen) atoms. The van der Waals surface area contributed by atoms with E-state index in [0.29, 0.717) is 17.7 Å². The van der Waals surface area contributed by atoms with E-state index in [1.807, 2.05) is 35.6 Å². The topological polar surface area (TPSA) is 66.6 Å². The van der Waals surface area contributed by atoms with Crippen LogP contribution in [0.4, 0.5) is 5.82 Å². The van der Waals surface area contributed by atoms with Crippen LogP contribution in [0.2, 0.25) is 0 Å². The Kier molecular flexibility index (Phi) is 4.78. The van der Waals surface area contributed by atoms with Crippen molar-refractivity contribution in [3.8, 4) is 0 Å². The second kappa shape index (κ2) is 7.21. The number of likely N-dealkylation sites (tertiary alicyclic amines) is 1. The molecular weight excluding hydrogens is 328 g/mol. The summed E-state index contributed by atoms with van der Waals surface area (Å²) in [4.78, 5) is 16.6. The van der Waals surface area contributed by atoms with E-state index in [4.69, 9.17) is 0 Å². The molecule has 0 unspecified atom stereocenters. The zero-order valence-corrected chi connectivity index (χ0v) is 15.8. The normalized spacial score (nSPS) is 19.4. The first-order chi connectivity index (χ1) is 12.6. The van der Waals surface area contributed by atoms with Crippen molar-refractivity contribution in [2.24, 2.45) is 5.92 Å². The number of nitrogens with zero attached hydrogens (tertiary/aromatic N) is 6. The van der Waals surface area contributed by atoms with Crippen molar-refractivity contribution in [1.29, 1.82) is 0 Å². The van der Waals surface area contributed by atoms with Gasteiger partial charge in [-0.2, -0.15) is 4.52 Å². The van der Waals surface area contributed by atoms with E-state index in [2.05, 4.69) is 20.2 Å². The zero-order valence-electron chi connectivity index (χ0n) is 15.8. The summed E-state index contributed by atoms with van der Waals surface area (Å²) < 4.78 is 1.87. The molecule has 1 amide bonds.